The molecule has 28 heavy (non-hydrogen) atoms. The van der Waals surface area contributed by atoms with E-state index < -0.39 is 0 Å². The third kappa shape index (κ3) is 4.89. The molecule has 0 aromatic heterocycles. The van der Waals surface area contributed by atoms with Crippen LogP contribution < -0.4 is 14.8 Å². The van der Waals surface area contributed by atoms with E-state index in [2.05, 4.69) is 10.2 Å². The summed E-state index contributed by atoms with van der Waals surface area (Å²) in [5.41, 5.74) is 0.631. The molecular formula is C20H29ClN2O5. The summed E-state index contributed by atoms with van der Waals surface area (Å²) < 4.78 is 22.9. The van der Waals surface area contributed by atoms with E-state index in [1.165, 1.54) is 6.92 Å². The Hall–Kier alpha value is -1.54. The van der Waals surface area contributed by atoms with E-state index in [-0.39, 0.29) is 17.6 Å². The van der Waals surface area contributed by atoms with Crippen LogP contribution in [-0.2, 0) is 20.8 Å². The molecular weight excluding hydrogens is 384 g/mol. The van der Waals surface area contributed by atoms with Gasteiger partial charge in [0, 0.05) is 33.1 Å². The highest BCUT2D eigenvalue weighted by atomic mass is 35.5. The molecule has 2 aliphatic rings. The van der Waals surface area contributed by atoms with Gasteiger partial charge < -0.3 is 24.3 Å². The molecule has 1 N–H and O–H groups in total. The standard InChI is InChI=1S/C20H29ClN2O5/c1-14(24)22-10-16-6-7-20(28-16)12-23(8-9-27-13-20)11-15-4-5-17(25-2)19(26-3)18(15)21/h4-5,16H,6-13H2,1-3H3,(H,22,24)/t16-,20-/m0/s1. The quantitative estimate of drug-likeness (QED) is 0.772. The summed E-state index contributed by atoms with van der Waals surface area (Å²) in [5, 5.41) is 3.41. The molecule has 156 valence electrons. The summed E-state index contributed by atoms with van der Waals surface area (Å²) in [7, 11) is 3.18. The van der Waals surface area contributed by atoms with Crippen molar-refractivity contribution in [1.82, 2.24) is 10.2 Å². The molecule has 7 nitrogen and oxygen atoms in total. The Labute approximate surface area is 171 Å². The van der Waals surface area contributed by atoms with Crippen LogP contribution in [0.25, 0.3) is 0 Å². The number of carbonyl (C=O) groups excluding carboxylic acids is 1. The second-order valence-corrected chi connectivity index (χ2v) is 7.81. The van der Waals surface area contributed by atoms with Crippen molar-refractivity contribution in [2.75, 3.05) is 47.1 Å². The highest BCUT2D eigenvalue weighted by Gasteiger charge is 2.43. The molecule has 1 aromatic carbocycles. The number of hydrogen-bond acceptors (Lipinski definition) is 6. The first-order chi connectivity index (χ1) is 13.5. The van der Waals surface area contributed by atoms with Gasteiger partial charge >= 0.3 is 0 Å². The Morgan fingerprint density at radius 2 is 2.21 bits per heavy atom. The zero-order valence-corrected chi connectivity index (χ0v) is 17.5. The second kappa shape index (κ2) is 9.31. The molecule has 2 saturated heterocycles. The van der Waals surface area contributed by atoms with E-state index in [0.29, 0.717) is 42.8 Å². The van der Waals surface area contributed by atoms with Gasteiger partial charge in [0.1, 0.15) is 5.60 Å². The van der Waals surface area contributed by atoms with Crippen LogP contribution in [0.4, 0.5) is 0 Å². The van der Waals surface area contributed by atoms with Gasteiger partial charge in [0.05, 0.1) is 38.6 Å². The van der Waals surface area contributed by atoms with Crippen molar-refractivity contribution in [3.8, 4) is 11.5 Å². The molecule has 8 heteroatoms. The van der Waals surface area contributed by atoms with E-state index in [1.54, 1.807) is 14.2 Å². The normalized spacial score (nSPS) is 25.5. The summed E-state index contributed by atoms with van der Waals surface area (Å²) in [6, 6.07) is 3.84. The van der Waals surface area contributed by atoms with Crippen LogP contribution in [0.1, 0.15) is 25.3 Å². The molecule has 0 radical (unpaired) electrons. The van der Waals surface area contributed by atoms with E-state index in [4.69, 9.17) is 30.5 Å². The van der Waals surface area contributed by atoms with Crippen LogP contribution in [0.15, 0.2) is 12.1 Å². The number of nitrogens with one attached hydrogen (secondary N) is 1. The summed E-state index contributed by atoms with van der Waals surface area (Å²) >= 11 is 6.56. The summed E-state index contributed by atoms with van der Waals surface area (Å²) in [4.78, 5) is 13.5. The van der Waals surface area contributed by atoms with Gasteiger partial charge in [-0.15, -0.1) is 0 Å². The van der Waals surface area contributed by atoms with E-state index in [1.807, 2.05) is 12.1 Å². The number of rotatable bonds is 6. The first kappa shape index (κ1) is 21.2. The van der Waals surface area contributed by atoms with Crippen LogP contribution >= 0.6 is 11.6 Å². The van der Waals surface area contributed by atoms with E-state index >= 15 is 0 Å². The fourth-order valence-electron chi connectivity index (χ4n) is 3.93. The first-order valence-electron chi connectivity index (χ1n) is 9.58. The van der Waals surface area contributed by atoms with Crippen LogP contribution in [0.5, 0.6) is 11.5 Å². The molecule has 2 fully saturated rings. The highest BCUT2D eigenvalue weighted by molar-refractivity contribution is 6.33. The van der Waals surface area contributed by atoms with Crippen LogP contribution in [-0.4, -0.2) is 69.6 Å². The Kier molecular flexibility index (Phi) is 7.04. The minimum Gasteiger partial charge on any atom is -0.493 e. The lowest BCUT2D eigenvalue weighted by Gasteiger charge is -2.32. The summed E-state index contributed by atoms with van der Waals surface area (Å²) in [6.07, 6.45) is 1.85. The molecule has 2 aliphatic heterocycles. The van der Waals surface area contributed by atoms with Gasteiger partial charge in [0.25, 0.3) is 0 Å². The van der Waals surface area contributed by atoms with Crippen molar-refractivity contribution >= 4 is 17.5 Å². The van der Waals surface area contributed by atoms with Crippen molar-refractivity contribution in [3.63, 3.8) is 0 Å². The molecule has 0 aliphatic carbocycles. The van der Waals surface area contributed by atoms with E-state index in [0.717, 1.165) is 31.5 Å². The van der Waals surface area contributed by atoms with Gasteiger partial charge in [0.2, 0.25) is 5.91 Å². The van der Waals surface area contributed by atoms with Crippen molar-refractivity contribution in [2.45, 2.75) is 38.0 Å². The van der Waals surface area contributed by atoms with E-state index in [9.17, 15) is 4.79 Å². The van der Waals surface area contributed by atoms with Crippen molar-refractivity contribution in [1.29, 1.82) is 0 Å². The number of amides is 1. The minimum atomic E-state index is -0.345. The summed E-state index contributed by atoms with van der Waals surface area (Å²) in [6.45, 7) is 5.50. The van der Waals surface area contributed by atoms with Crippen LogP contribution in [0.2, 0.25) is 5.02 Å². The predicted molar refractivity (Wildman–Crippen MR) is 106 cm³/mol. The van der Waals surface area contributed by atoms with Crippen molar-refractivity contribution in [3.05, 3.63) is 22.7 Å². The zero-order chi connectivity index (χ0) is 20.1. The van der Waals surface area contributed by atoms with Gasteiger partial charge in [0.15, 0.2) is 11.5 Å². The topological polar surface area (TPSA) is 69.3 Å². The third-order valence-corrected chi connectivity index (χ3v) is 5.72. The number of benzene rings is 1. The maximum absolute atomic E-state index is 11.2. The number of halogens is 1. The maximum Gasteiger partial charge on any atom is 0.216 e. The molecule has 1 spiro atoms. The molecule has 3 rings (SSSR count). The number of methoxy groups -OCH3 is 2. The molecule has 0 saturated carbocycles. The molecule has 1 aromatic rings. The predicted octanol–water partition coefficient (Wildman–Crippen LogP) is 2.24. The van der Waals surface area contributed by atoms with Crippen LogP contribution in [0, 0.1) is 0 Å². The number of nitrogens with zero attached hydrogens (tertiary/aromatic N) is 1. The van der Waals surface area contributed by atoms with Gasteiger partial charge in [-0.2, -0.15) is 0 Å². The number of hydrogen-bond donors (Lipinski definition) is 1. The summed E-state index contributed by atoms with van der Waals surface area (Å²) in [5.74, 6) is 1.13. The van der Waals surface area contributed by atoms with Gasteiger partial charge in [-0.3, -0.25) is 9.69 Å². The first-order valence-corrected chi connectivity index (χ1v) is 9.96. The average molecular weight is 413 g/mol. The maximum atomic E-state index is 11.2. The molecule has 1 amide bonds. The van der Waals surface area contributed by atoms with Crippen LogP contribution in [0.3, 0.4) is 0 Å². The lowest BCUT2D eigenvalue weighted by Crippen LogP contribution is -2.45. The zero-order valence-electron chi connectivity index (χ0n) is 16.8. The monoisotopic (exact) mass is 412 g/mol. The second-order valence-electron chi connectivity index (χ2n) is 7.44. The lowest BCUT2D eigenvalue weighted by molar-refractivity contribution is -0.121. The lowest BCUT2D eigenvalue weighted by atomic mass is 9.99. The van der Waals surface area contributed by atoms with Gasteiger partial charge in [-0.05, 0) is 24.5 Å². The number of ether oxygens (including phenoxy) is 4. The smallest absolute Gasteiger partial charge is 0.216 e. The molecule has 0 unspecified atom stereocenters. The average Bonchev–Trinajstić information content (AvgIpc) is 2.96. The van der Waals surface area contributed by atoms with Crippen molar-refractivity contribution < 1.29 is 23.7 Å². The van der Waals surface area contributed by atoms with Crippen molar-refractivity contribution in [2.24, 2.45) is 0 Å². The number of carbonyl (C=O) groups is 1. The molecule has 2 heterocycles. The van der Waals surface area contributed by atoms with Gasteiger partial charge in [-0.25, -0.2) is 0 Å². The Balaban J connectivity index is 1.69. The van der Waals surface area contributed by atoms with Gasteiger partial charge in [-0.1, -0.05) is 17.7 Å². The highest BCUT2D eigenvalue weighted by Crippen LogP contribution is 2.38. The Morgan fingerprint density at radius 1 is 1.39 bits per heavy atom. The molecule has 0 bridgehead atoms. The molecule has 2 atom stereocenters. The Bertz CT molecular complexity index is 701. The fraction of sp³-hybridized carbons (Fsp3) is 0.650. The third-order valence-electron chi connectivity index (χ3n) is 5.30. The SMILES string of the molecule is COc1ccc(CN2CCOC[C@]3(CC[C@@H](CNC(C)=O)O3)C2)c(Cl)c1OC. The Morgan fingerprint density at radius 3 is 2.93 bits per heavy atom. The minimum absolute atomic E-state index is 0.0251. The fourth-order valence-corrected chi connectivity index (χ4v) is 4.22. The largest absolute Gasteiger partial charge is 0.493 e.